The van der Waals surface area contributed by atoms with Gasteiger partial charge in [-0.3, -0.25) is 0 Å². The fourth-order valence-corrected chi connectivity index (χ4v) is 2.10. The summed E-state index contributed by atoms with van der Waals surface area (Å²) in [6, 6.07) is 5.13. The molecule has 0 aromatic heterocycles. The smallest absolute Gasteiger partial charge is 0.165 e. The second-order valence-corrected chi connectivity index (χ2v) is 4.17. The lowest BCUT2D eigenvalue weighted by atomic mass is 9.92. The molecular weight excluding hydrogens is 193 g/mol. The zero-order valence-corrected chi connectivity index (χ0v) is 8.92. The third-order valence-electron chi connectivity index (χ3n) is 3.24. The number of methoxy groups -OCH3 is 1. The van der Waals surface area contributed by atoms with E-state index in [0.717, 1.165) is 24.8 Å². The molecule has 1 aliphatic carbocycles. The molecule has 0 unspecified atom stereocenters. The van der Waals surface area contributed by atoms with Gasteiger partial charge in [0, 0.05) is 0 Å². The van der Waals surface area contributed by atoms with Crippen LogP contribution in [0, 0.1) is 5.82 Å². The van der Waals surface area contributed by atoms with Crippen LogP contribution in [0.15, 0.2) is 18.2 Å². The van der Waals surface area contributed by atoms with Gasteiger partial charge in [-0.05, 0) is 48.9 Å². The van der Waals surface area contributed by atoms with E-state index in [9.17, 15) is 4.39 Å². The van der Waals surface area contributed by atoms with Crippen molar-refractivity contribution in [2.24, 2.45) is 5.73 Å². The van der Waals surface area contributed by atoms with E-state index in [1.807, 2.05) is 6.07 Å². The first kappa shape index (κ1) is 10.4. The lowest BCUT2D eigenvalue weighted by Gasteiger charge is -2.15. The molecular formula is C12H16FNO. The maximum Gasteiger partial charge on any atom is 0.165 e. The van der Waals surface area contributed by atoms with Gasteiger partial charge >= 0.3 is 0 Å². The standard InChI is InChI=1S/C12H16FNO/c1-15-11-8-9(2-3-10(11)13)12(4-5-12)6-7-14/h2-3,8H,4-7,14H2,1H3. The van der Waals surface area contributed by atoms with Gasteiger partial charge < -0.3 is 10.5 Å². The predicted octanol–water partition coefficient (Wildman–Crippen LogP) is 2.21. The maximum absolute atomic E-state index is 13.2. The summed E-state index contributed by atoms with van der Waals surface area (Å²) >= 11 is 0. The van der Waals surface area contributed by atoms with Crippen molar-refractivity contribution in [2.45, 2.75) is 24.7 Å². The maximum atomic E-state index is 13.2. The number of rotatable bonds is 4. The Morgan fingerprint density at radius 1 is 1.47 bits per heavy atom. The predicted molar refractivity (Wildman–Crippen MR) is 57.5 cm³/mol. The van der Waals surface area contributed by atoms with Crippen molar-refractivity contribution in [1.82, 2.24) is 0 Å². The zero-order chi connectivity index (χ0) is 10.9. The molecule has 0 heterocycles. The van der Waals surface area contributed by atoms with E-state index in [2.05, 4.69) is 0 Å². The van der Waals surface area contributed by atoms with Gasteiger partial charge in [-0.1, -0.05) is 6.07 Å². The molecule has 3 heteroatoms. The number of benzene rings is 1. The first-order valence-electron chi connectivity index (χ1n) is 5.26. The Morgan fingerprint density at radius 3 is 2.73 bits per heavy atom. The van der Waals surface area contributed by atoms with Crippen LogP contribution in [0.2, 0.25) is 0 Å². The van der Waals surface area contributed by atoms with E-state index in [0.29, 0.717) is 12.3 Å². The molecule has 1 aromatic carbocycles. The topological polar surface area (TPSA) is 35.2 Å². The van der Waals surface area contributed by atoms with Gasteiger partial charge in [0.05, 0.1) is 7.11 Å². The summed E-state index contributed by atoms with van der Waals surface area (Å²) in [7, 11) is 1.49. The highest BCUT2D eigenvalue weighted by Gasteiger charge is 2.43. The summed E-state index contributed by atoms with van der Waals surface area (Å²) in [5.41, 5.74) is 6.95. The van der Waals surface area contributed by atoms with Crippen LogP contribution < -0.4 is 10.5 Å². The van der Waals surface area contributed by atoms with Crippen LogP contribution in [0.25, 0.3) is 0 Å². The lowest BCUT2D eigenvalue weighted by molar-refractivity contribution is 0.385. The minimum atomic E-state index is -0.301. The summed E-state index contributed by atoms with van der Waals surface area (Å²) in [6.07, 6.45) is 3.28. The third-order valence-corrected chi connectivity index (χ3v) is 3.24. The molecule has 1 aromatic rings. The van der Waals surface area contributed by atoms with E-state index in [1.54, 1.807) is 6.07 Å². The zero-order valence-electron chi connectivity index (χ0n) is 8.92. The van der Waals surface area contributed by atoms with E-state index < -0.39 is 0 Å². The molecule has 2 N–H and O–H groups in total. The van der Waals surface area contributed by atoms with Crippen LogP contribution in [-0.2, 0) is 5.41 Å². The molecule has 1 fully saturated rings. The van der Waals surface area contributed by atoms with Crippen molar-refractivity contribution < 1.29 is 9.13 Å². The molecule has 1 saturated carbocycles. The van der Waals surface area contributed by atoms with Crippen LogP contribution in [0.4, 0.5) is 4.39 Å². The van der Waals surface area contributed by atoms with Crippen molar-refractivity contribution in [2.75, 3.05) is 13.7 Å². The van der Waals surface area contributed by atoms with Crippen molar-refractivity contribution in [3.05, 3.63) is 29.6 Å². The fraction of sp³-hybridized carbons (Fsp3) is 0.500. The molecule has 15 heavy (non-hydrogen) atoms. The Balaban J connectivity index is 2.29. The lowest BCUT2D eigenvalue weighted by Crippen LogP contribution is -2.13. The van der Waals surface area contributed by atoms with Crippen molar-refractivity contribution in [3.8, 4) is 5.75 Å². The Bertz CT molecular complexity index is 361. The van der Waals surface area contributed by atoms with Gasteiger partial charge in [0.2, 0.25) is 0 Å². The second-order valence-electron chi connectivity index (χ2n) is 4.17. The number of ether oxygens (including phenoxy) is 1. The summed E-state index contributed by atoms with van der Waals surface area (Å²) < 4.78 is 18.2. The number of nitrogens with two attached hydrogens (primary N) is 1. The minimum absolute atomic E-state index is 0.204. The van der Waals surface area contributed by atoms with Gasteiger partial charge in [0.15, 0.2) is 11.6 Å². The molecule has 2 nitrogen and oxygen atoms in total. The van der Waals surface area contributed by atoms with Crippen LogP contribution >= 0.6 is 0 Å². The molecule has 0 amide bonds. The van der Waals surface area contributed by atoms with Gasteiger partial charge in [-0.15, -0.1) is 0 Å². The quantitative estimate of drug-likeness (QED) is 0.825. The van der Waals surface area contributed by atoms with Crippen molar-refractivity contribution >= 4 is 0 Å². The molecule has 2 rings (SSSR count). The average molecular weight is 209 g/mol. The summed E-state index contributed by atoms with van der Waals surface area (Å²) in [5.74, 6) is 0.0283. The Labute approximate surface area is 89.2 Å². The summed E-state index contributed by atoms with van der Waals surface area (Å²) in [4.78, 5) is 0. The van der Waals surface area contributed by atoms with Crippen LogP contribution in [0.1, 0.15) is 24.8 Å². The Morgan fingerprint density at radius 2 is 2.20 bits per heavy atom. The second kappa shape index (κ2) is 3.81. The molecule has 82 valence electrons. The van der Waals surface area contributed by atoms with Gasteiger partial charge in [0.25, 0.3) is 0 Å². The fourth-order valence-electron chi connectivity index (χ4n) is 2.10. The highest BCUT2D eigenvalue weighted by Crippen LogP contribution is 2.51. The van der Waals surface area contributed by atoms with Gasteiger partial charge in [-0.2, -0.15) is 0 Å². The van der Waals surface area contributed by atoms with E-state index in [4.69, 9.17) is 10.5 Å². The van der Waals surface area contributed by atoms with Crippen LogP contribution in [0.3, 0.4) is 0 Å². The first-order chi connectivity index (χ1) is 7.22. The molecule has 0 radical (unpaired) electrons. The van der Waals surface area contributed by atoms with Crippen LogP contribution in [0.5, 0.6) is 5.75 Å². The molecule has 0 bridgehead atoms. The molecule has 1 aliphatic rings. The third kappa shape index (κ3) is 1.84. The average Bonchev–Trinajstić information content (AvgIpc) is 3.00. The molecule has 0 atom stereocenters. The van der Waals surface area contributed by atoms with E-state index >= 15 is 0 Å². The van der Waals surface area contributed by atoms with Crippen LogP contribution in [-0.4, -0.2) is 13.7 Å². The van der Waals surface area contributed by atoms with E-state index in [1.165, 1.54) is 13.2 Å². The van der Waals surface area contributed by atoms with E-state index in [-0.39, 0.29) is 11.2 Å². The number of halogens is 1. The van der Waals surface area contributed by atoms with Crippen molar-refractivity contribution in [3.63, 3.8) is 0 Å². The Hall–Kier alpha value is -1.09. The largest absolute Gasteiger partial charge is 0.494 e. The van der Waals surface area contributed by atoms with Gasteiger partial charge in [-0.25, -0.2) is 4.39 Å². The van der Waals surface area contributed by atoms with Crippen molar-refractivity contribution in [1.29, 1.82) is 0 Å². The summed E-state index contributed by atoms with van der Waals surface area (Å²) in [6.45, 7) is 0.680. The summed E-state index contributed by atoms with van der Waals surface area (Å²) in [5, 5.41) is 0. The molecule has 0 spiro atoms. The first-order valence-corrected chi connectivity index (χ1v) is 5.26. The number of hydrogen-bond donors (Lipinski definition) is 1. The normalized spacial score (nSPS) is 17.5. The minimum Gasteiger partial charge on any atom is -0.494 e. The SMILES string of the molecule is COc1cc(C2(CCN)CC2)ccc1F. The monoisotopic (exact) mass is 209 g/mol. The highest BCUT2D eigenvalue weighted by atomic mass is 19.1. The number of hydrogen-bond acceptors (Lipinski definition) is 2. The molecule has 0 aliphatic heterocycles. The Kier molecular flexibility index (Phi) is 2.65. The van der Waals surface area contributed by atoms with Gasteiger partial charge in [0.1, 0.15) is 0 Å². The molecule has 0 saturated heterocycles. The highest BCUT2D eigenvalue weighted by molar-refractivity contribution is 5.38.